The summed E-state index contributed by atoms with van der Waals surface area (Å²) in [6, 6.07) is 10.7. The van der Waals surface area contributed by atoms with Gasteiger partial charge >= 0.3 is 0 Å². The van der Waals surface area contributed by atoms with Gasteiger partial charge < -0.3 is 10.2 Å². The normalized spacial score (nSPS) is 13.7. The predicted molar refractivity (Wildman–Crippen MR) is 75.5 cm³/mol. The van der Waals surface area contributed by atoms with E-state index in [1.165, 1.54) is 12.1 Å². The van der Waals surface area contributed by atoms with Gasteiger partial charge in [-0.3, -0.25) is 0 Å². The molecule has 1 aliphatic rings. The Bertz CT molecular complexity index is 592. The predicted octanol–water partition coefficient (Wildman–Crippen LogP) is 3.20. The van der Waals surface area contributed by atoms with Gasteiger partial charge in [-0.15, -0.1) is 0 Å². The first-order valence-electron chi connectivity index (χ1n) is 6.63. The monoisotopic (exact) mass is 274 g/mol. The van der Waals surface area contributed by atoms with Crippen molar-refractivity contribution in [1.82, 2.24) is 5.32 Å². The highest BCUT2D eigenvalue weighted by atomic mass is 19.1. The summed E-state index contributed by atoms with van der Waals surface area (Å²) >= 11 is 0. The van der Waals surface area contributed by atoms with E-state index in [1.807, 2.05) is 24.3 Å². The lowest BCUT2D eigenvalue weighted by molar-refractivity contribution is 0.568. The maximum atomic E-state index is 14.2. The average Bonchev–Trinajstić information content (AvgIpc) is 2.81. The standard InChI is InChI=1S/C16H16F2N2/c1-19-8-11-6-14(17)16(15(18)7-11)20-9-12-4-2-3-5-13(12)10-20/h2-7,19H,8-10H2,1H3. The van der Waals surface area contributed by atoms with Crippen molar-refractivity contribution in [2.24, 2.45) is 0 Å². The van der Waals surface area contributed by atoms with E-state index in [9.17, 15) is 8.78 Å². The van der Waals surface area contributed by atoms with Crippen LogP contribution in [0.15, 0.2) is 36.4 Å². The second kappa shape index (κ2) is 5.21. The first kappa shape index (κ1) is 13.1. The summed E-state index contributed by atoms with van der Waals surface area (Å²) in [6.07, 6.45) is 0. The summed E-state index contributed by atoms with van der Waals surface area (Å²) in [5, 5.41) is 2.89. The van der Waals surface area contributed by atoms with Crippen LogP contribution in [0.2, 0.25) is 0 Å². The van der Waals surface area contributed by atoms with Crippen LogP contribution in [0.25, 0.3) is 0 Å². The van der Waals surface area contributed by atoms with Crippen molar-refractivity contribution in [2.75, 3.05) is 11.9 Å². The van der Waals surface area contributed by atoms with Crippen molar-refractivity contribution in [3.05, 3.63) is 64.7 Å². The molecule has 0 unspecified atom stereocenters. The Labute approximate surface area is 117 Å². The summed E-state index contributed by atoms with van der Waals surface area (Å²) in [6.45, 7) is 1.55. The summed E-state index contributed by atoms with van der Waals surface area (Å²) in [7, 11) is 1.75. The smallest absolute Gasteiger partial charge is 0.149 e. The molecule has 2 aromatic rings. The van der Waals surface area contributed by atoms with Gasteiger partial charge in [0.15, 0.2) is 0 Å². The van der Waals surface area contributed by atoms with Crippen LogP contribution in [-0.4, -0.2) is 7.05 Å². The Balaban J connectivity index is 1.93. The van der Waals surface area contributed by atoms with E-state index in [0.717, 1.165) is 11.1 Å². The number of hydrogen-bond acceptors (Lipinski definition) is 2. The number of nitrogens with zero attached hydrogens (tertiary/aromatic N) is 1. The van der Waals surface area contributed by atoms with Gasteiger partial charge in [-0.1, -0.05) is 24.3 Å². The molecule has 0 bridgehead atoms. The van der Waals surface area contributed by atoms with Crippen molar-refractivity contribution >= 4 is 5.69 Å². The van der Waals surface area contributed by atoms with E-state index in [1.54, 1.807) is 11.9 Å². The van der Waals surface area contributed by atoms with Crippen LogP contribution < -0.4 is 10.2 Å². The number of benzene rings is 2. The molecule has 0 spiro atoms. The Kier molecular flexibility index (Phi) is 3.40. The molecule has 0 atom stereocenters. The lowest BCUT2D eigenvalue weighted by atomic mass is 10.1. The SMILES string of the molecule is CNCc1cc(F)c(N2Cc3ccccc3C2)c(F)c1. The topological polar surface area (TPSA) is 15.3 Å². The molecular weight excluding hydrogens is 258 g/mol. The maximum Gasteiger partial charge on any atom is 0.149 e. The zero-order chi connectivity index (χ0) is 14.1. The van der Waals surface area contributed by atoms with Gasteiger partial charge in [0.05, 0.1) is 0 Å². The van der Waals surface area contributed by atoms with Crippen LogP contribution in [0.5, 0.6) is 0 Å². The van der Waals surface area contributed by atoms with Gasteiger partial charge in [-0.05, 0) is 35.9 Å². The fraction of sp³-hybridized carbons (Fsp3) is 0.250. The Morgan fingerprint density at radius 1 is 1.05 bits per heavy atom. The van der Waals surface area contributed by atoms with Crippen LogP contribution in [0.1, 0.15) is 16.7 Å². The largest absolute Gasteiger partial charge is 0.358 e. The fourth-order valence-electron chi connectivity index (χ4n) is 2.72. The molecule has 2 nitrogen and oxygen atoms in total. The Morgan fingerprint density at radius 2 is 1.60 bits per heavy atom. The minimum absolute atomic E-state index is 0.0704. The first-order valence-corrected chi connectivity index (χ1v) is 6.63. The molecule has 20 heavy (non-hydrogen) atoms. The second-order valence-corrected chi connectivity index (χ2v) is 5.06. The molecule has 0 radical (unpaired) electrons. The summed E-state index contributed by atoms with van der Waals surface area (Å²) in [5.74, 6) is -0.994. The number of anilines is 1. The molecule has 0 saturated heterocycles. The van der Waals surface area contributed by atoms with Crippen molar-refractivity contribution in [3.63, 3.8) is 0 Å². The van der Waals surface area contributed by atoms with Crippen molar-refractivity contribution in [3.8, 4) is 0 Å². The van der Waals surface area contributed by atoms with Crippen LogP contribution >= 0.6 is 0 Å². The van der Waals surface area contributed by atoms with Gasteiger partial charge in [0.1, 0.15) is 17.3 Å². The second-order valence-electron chi connectivity index (χ2n) is 5.06. The number of rotatable bonds is 3. The molecule has 1 aliphatic heterocycles. The molecule has 104 valence electrons. The van der Waals surface area contributed by atoms with E-state index in [0.29, 0.717) is 25.2 Å². The van der Waals surface area contributed by atoms with Crippen molar-refractivity contribution < 1.29 is 8.78 Å². The van der Waals surface area contributed by atoms with Crippen LogP contribution in [0, 0.1) is 11.6 Å². The Morgan fingerprint density at radius 3 is 2.10 bits per heavy atom. The Hall–Kier alpha value is -1.94. The van der Waals surface area contributed by atoms with E-state index in [4.69, 9.17) is 0 Å². The van der Waals surface area contributed by atoms with Gasteiger partial charge in [-0.2, -0.15) is 0 Å². The zero-order valence-electron chi connectivity index (χ0n) is 11.3. The molecule has 0 aliphatic carbocycles. The van der Waals surface area contributed by atoms with Crippen molar-refractivity contribution in [1.29, 1.82) is 0 Å². The summed E-state index contributed by atoms with van der Waals surface area (Å²) in [5.41, 5.74) is 2.94. The fourth-order valence-corrected chi connectivity index (χ4v) is 2.72. The molecule has 3 rings (SSSR count). The average molecular weight is 274 g/mol. The van der Waals surface area contributed by atoms with Crippen LogP contribution in [0.4, 0.5) is 14.5 Å². The third kappa shape index (κ3) is 2.27. The molecule has 1 N–H and O–H groups in total. The highest BCUT2D eigenvalue weighted by molar-refractivity contribution is 5.54. The van der Waals surface area contributed by atoms with Gasteiger partial charge in [0.2, 0.25) is 0 Å². The quantitative estimate of drug-likeness (QED) is 0.924. The van der Waals surface area contributed by atoms with E-state index >= 15 is 0 Å². The third-order valence-electron chi connectivity index (χ3n) is 3.61. The highest BCUT2D eigenvalue weighted by Gasteiger charge is 2.24. The number of nitrogens with one attached hydrogen (secondary N) is 1. The van der Waals surface area contributed by atoms with Gasteiger partial charge in [-0.25, -0.2) is 8.78 Å². The molecular formula is C16H16F2N2. The van der Waals surface area contributed by atoms with Crippen molar-refractivity contribution in [2.45, 2.75) is 19.6 Å². The molecule has 1 heterocycles. The molecule has 0 aromatic heterocycles. The minimum Gasteiger partial charge on any atom is -0.358 e. The van der Waals surface area contributed by atoms with E-state index < -0.39 is 11.6 Å². The first-order chi connectivity index (χ1) is 9.69. The molecule has 0 saturated carbocycles. The maximum absolute atomic E-state index is 14.2. The van der Waals surface area contributed by atoms with E-state index in [-0.39, 0.29) is 5.69 Å². The summed E-state index contributed by atoms with van der Waals surface area (Å²) in [4.78, 5) is 1.75. The molecule has 0 amide bonds. The lowest BCUT2D eigenvalue weighted by Gasteiger charge is -2.20. The lowest BCUT2D eigenvalue weighted by Crippen LogP contribution is -2.18. The number of fused-ring (bicyclic) bond motifs is 1. The molecule has 4 heteroatoms. The van der Waals surface area contributed by atoms with Crippen LogP contribution in [0.3, 0.4) is 0 Å². The van der Waals surface area contributed by atoms with Gasteiger partial charge in [0, 0.05) is 19.6 Å². The molecule has 0 fully saturated rings. The van der Waals surface area contributed by atoms with Crippen LogP contribution in [-0.2, 0) is 19.6 Å². The molecule has 2 aromatic carbocycles. The highest BCUT2D eigenvalue weighted by Crippen LogP contribution is 2.32. The summed E-state index contributed by atoms with van der Waals surface area (Å²) < 4.78 is 28.4. The number of halogens is 2. The van der Waals surface area contributed by atoms with E-state index in [2.05, 4.69) is 5.32 Å². The zero-order valence-corrected chi connectivity index (χ0v) is 11.3. The van der Waals surface area contributed by atoms with Gasteiger partial charge in [0.25, 0.3) is 0 Å². The third-order valence-corrected chi connectivity index (χ3v) is 3.61. The minimum atomic E-state index is -0.497. The number of hydrogen-bond donors (Lipinski definition) is 1.